The molecular formula is C10H23BO6. The molecule has 0 aromatic heterocycles. The molecule has 0 saturated heterocycles. The molecule has 1 atom stereocenters. The highest BCUT2D eigenvalue weighted by Crippen LogP contribution is 2.06. The Morgan fingerprint density at radius 1 is 1.12 bits per heavy atom. The van der Waals surface area contributed by atoms with Gasteiger partial charge in [-0.15, -0.1) is 0 Å². The Hall–Kier alpha value is -0.175. The van der Waals surface area contributed by atoms with E-state index in [0.717, 1.165) is 19.3 Å². The molecule has 0 aromatic rings. The predicted octanol–water partition coefficient (Wildman–Crippen LogP) is -0.443. The summed E-state index contributed by atoms with van der Waals surface area (Å²) in [6, 6.07) is 0. The van der Waals surface area contributed by atoms with E-state index in [-0.39, 0.29) is 12.7 Å². The van der Waals surface area contributed by atoms with Crippen LogP contribution >= 0.6 is 0 Å². The van der Waals surface area contributed by atoms with Crippen LogP contribution in [0, 0.1) is 0 Å². The summed E-state index contributed by atoms with van der Waals surface area (Å²) in [5.74, 6) is 0. The SMILES string of the molecule is CCCCC(COCCOCCO)OB(O)O. The molecule has 0 aliphatic carbocycles. The zero-order chi connectivity index (χ0) is 12.9. The first-order valence-corrected chi connectivity index (χ1v) is 5.98. The van der Waals surface area contributed by atoms with Gasteiger partial charge in [0.05, 0.1) is 39.1 Å². The Morgan fingerprint density at radius 3 is 2.41 bits per heavy atom. The number of ether oxygens (including phenoxy) is 2. The van der Waals surface area contributed by atoms with Crippen molar-refractivity contribution >= 4 is 7.32 Å². The van der Waals surface area contributed by atoms with Gasteiger partial charge in [0.25, 0.3) is 0 Å². The van der Waals surface area contributed by atoms with Gasteiger partial charge in [0.2, 0.25) is 0 Å². The third-order valence-electron chi connectivity index (χ3n) is 2.11. The molecule has 0 saturated carbocycles. The van der Waals surface area contributed by atoms with E-state index < -0.39 is 7.32 Å². The topological polar surface area (TPSA) is 88.4 Å². The highest BCUT2D eigenvalue weighted by atomic mass is 16.6. The van der Waals surface area contributed by atoms with Gasteiger partial charge in [-0.05, 0) is 6.42 Å². The second-order valence-electron chi connectivity index (χ2n) is 3.64. The number of aliphatic hydroxyl groups excluding tert-OH is 1. The largest absolute Gasteiger partial charge is 0.634 e. The molecule has 0 rings (SSSR count). The van der Waals surface area contributed by atoms with Gasteiger partial charge in [0.1, 0.15) is 0 Å². The molecule has 0 fully saturated rings. The van der Waals surface area contributed by atoms with E-state index in [2.05, 4.69) is 6.92 Å². The van der Waals surface area contributed by atoms with Gasteiger partial charge in [-0.1, -0.05) is 19.8 Å². The lowest BCUT2D eigenvalue weighted by atomic mass is 10.1. The molecule has 0 radical (unpaired) electrons. The molecule has 0 aliphatic heterocycles. The first-order chi connectivity index (χ1) is 8.20. The number of hydrogen-bond donors (Lipinski definition) is 3. The maximum Gasteiger partial charge on any atom is 0.634 e. The van der Waals surface area contributed by atoms with Gasteiger partial charge >= 0.3 is 7.32 Å². The maximum atomic E-state index is 8.72. The van der Waals surface area contributed by atoms with E-state index >= 15 is 0 Å². The highest BCUT2D eigenvalue weighted by molar-refractivity contribution is 6.32. The van der Waals surface area contributed by atoms with Gasteiger partial charge in [-0.3, -0.25) is 0 Å². The quantitative estimate of drug-likeness (QED) is 0.321. The van der Waals surface area contributed by atoms with Crippen molar-refractivity contribution in [3.63, 3.8) is 0 Å². The molecule has 6 nitrogen and oxygen atoms in total. The van der Waals surface area contributed by atoms with Crippen LogP contribution in [0.1, 0.15) is 26.2 Å². The Labute approximate surface area is 103 Å². The standard InChI is InChI=1S/C10H23BO6/c1-2-3-4-10(17-11(13)14)9-16-8-7-15-6-5-12/h10,12-14H,2-9H2,1H3. The normalized spacial score (nSPS) is 12.7. The molecule has 7 heteroatoms. The van der Waals surface area contributed by atoms with E-state index in [9.17, 15) is 0 Å². The minimum Gasteiger partial charge on any atom is -0.402 e. The maximum absolute atomic E-state index is 8.72. The van der Waals surface area contributed by atoms with Crippen molar-refractivity contribution in [3.05, 3.63) is 0 Å². The molecule has 0 amide bonds. The van der Waals surface area contributed by atoms with Gasteiger partial charge in [-0.2, -0.15) is 0 Å². The summed E-state index contributed by atoms with van der Waals surface area (Å²) in [7, 11) is -1.76. The molecule has 3 N–H and O–H groups in total. The highest BCUT2D eigenvalue weighted by Gasteiger charge is 2.17. The summed E-state index contributed by atoms with van der Waals surface area (Å²) in [5, 5.41) is 25.9. The molecule has 0 aliphatic rings. The van der Waals surface area contributed by atoms with Crippen molar-refractivity contribution in [1.29, 1.82) is 0 Å². The van der Waals surface area contributed by atoms with Crippen LogP contribution in [0.4, 0.5) is 0 Å². The summed E-state index contributed by atoms with van der Waals surface area (Å²) >= 11 is 0. The van der Waals surface area contributed by atoms with E-state index in [1.54, 1.807) is 0 Å². The molecular weight excluding hydrogens is 227 g/mol. The zero-order valence-electron chi connectivity index (χ0n) is 10.4. The Kier molecular flexibility index (Phi) is 12.2. The van der Waals surface area contributed by atoms with Gasteiger partial charge in [0.15, 0.2) is 0 Å². The fraction of sp³-hybridized carbons (Fsp3) is 1.00. The van der Waals surface area contributed by atoms with Crippen molar-refractivity contribution < 1.29 is 29.3 Å². The minimum atomic E-state index is -1.76. The van der Waals surface area contributed by atoms with Crippen molar-refractivity contribution in [2.75, 3.05) is 33.0 Å². The van der Waals surface area contributed by atoms with Crippen LogP contribution in [-0.4, -0.2) is 61.6 Å². The fourth-order valence-electron chi connectivity index (χ4n) is 1.29. The van der Waals surface area contributed by atoms with Crippen molar-refractivity contribution in [2.45, 2.75) is 32.3 Å². The third-order valence-corrected chi connectivity index (χ3v) is 2.11. The van der Waals surface area contributed by atoms with Gasteiger partial charge in [-0.25, -0.2) is 0 Å². The monoisotopic (exact) mass is 250 g/mol. The van der Waals surface area contributed by atoms with Crippen LogP contribution in [0.2, 0.25) is 0 Å². The van der Waals surface area contributed by atoms with Crippen LogP contribution < -0.4 is 0 Å². The minimum absolute atomic E-state index is 0.00105. The summed E-state index contributed by atoms with van der Waals surface area (Å²) in [6.45, 7) is 3.46. The van der Waals surface area contributed by atoms with E-state index in [0.29, 0.717) is 26.4 Å². The average Bonchev–Trinajstić information content (AvgIpc) is 2.29. The average molecular weight is 250 g/mol. The number of hydrogen-bond acceptors (Lipinski definition) is 6. The number of unbranched alkanes of at least 4 members (excludes halogenated alkanes) is 1. The molecule has 17 heavy (non-hydrogen) atoms. The van der Waals surface area contributed by atoms with Crippen molar-refractivity contribution in [3.8, 4) is 0 Å². The predicted molar refractivity (Wildman–Crippen MR) is 63.3 cm³/mol. The molecule has 102 valence electrons. The van der Waals surface area contributed by atoms with Crippen LogP contribution in [-0.2, 0) is 14.1 Å². The smallest absolute Gasteiger partial charge is 0.402 e. The van der Waals surface area contributed by atoms with Gasteiger partial charge < -0.3 is 29.3 Å². The zero-order valence-corrected chi connectivity index (χ0v) is 10.4. The number of rotatable bonds is 12. The molecule has 0 spiro atoms. The summed E-state index contributed by atoms with van der Waals surface area (Å²) in [4.78, 5) is 0. The van der Waals surface area contributed by atoms with Crippen molar-refractivity contribution in [1.82, 2.24) is 0 Å². The van der Waals surface area contributed by atoms with Crippen LogP contribution in [0.3, 0.4) is 0 Å². The van der Waals surface area contributed by atoms with Gasteiger partial charge in [0, 0.05) is 0 Å². The Morgan fingerprint density at radius 2 is 1.82 bits per heavy atom. The summed E-state index contributed by atoms with van der Waals surface area (Å²) < 4.78 is 15.2. The molecule has 0 bridgehead atoms. The lowest BCUT2D eigenvalue weighted by Crippen LogP contribution is -2.30. The fourth-order valence-corrected chi connectivity index (χ4v) is 1.29. The number of aliphatic hydroxyl groups is 1. The lowest BCUT2D eigenvalue weighted by molar-refractivity contribution is -0.00923. The molecule has 0 heterocycles. The Balaban J connectivity index is 3.53. The summed E-state index contributed by atoms with van der Waals surface area (Å²) in [6.07, 6.45) is 2.38. The first kappa shape index (κ1) is 16.8. The van der Waals surface area contributed by atoms with Crippen LogP contribution in [0.25, 0.3) is 0 Å². The second-order valence-corrected chi connectivity index (χ2v) is 3.64. The van der Waals surface area contributed by atoms with Crippen molar-refractivity contribution in [2.24, 2.45) is 0 Å². The van der Waals surface area contributed by atoms with Crippen LogP contribution in [0.5, 0.6) is 0 Å². The molecule has 1 unspecified atom stereocenters. The third kappa shape index (κ3) is 12.1. The first-order valence-electron chi connectivity index (χ1n) is 5.98. The van der Waals surface area contributed by atoms with Crippen LogP contribution in [0.15, 0.2) is 0 Å². The second kappa shape index (κ2) is 12.3. The Bertz CT molecular complexity index is 158. The van der Waals surface area contributed by atoms with E-state index in [4.69, 9.17) is 29.3 Å². The summed E-state index contributed by atoms with van der Waals surface area (Å²) in [5.41, 5.74) is 0. The lowest BCUT2D eigenvalue weighted by Gasteiger charge is -2.17. The van der Waals surface area contributed by atoms with E-state index in [1.807, 2.05) is 0 Å². The van der Waals surface area contributed by atoms with E-state index in [1.165, 1.54) is 0 Å². The molecule has 0 aromatic carbocycles.